The Bertz CT molecular complexity index is 832. The summed E-state index contributed by atoms with van der Waals surface area (Å²) in [5.41, 5.74) is 2.33. The summed E-state index contributed by atoms with van der Waals surface area (Å²) in [6, 6.07) is 2.13. The molecule has 0 saturated carbocycles. The Hall–Kier alpha value is -1.53. The van der Waals surface area contributed by atoms with Crippen molar-refractivity contribution in [2.75, 3.05) is 13.1 Å². The molecule has 1 N–H and O–H groups in total. The highest BCUT2D eigenvalue weighted by Crippen LogP contribution is 2.44. The van der Waals surface area contributed by atoms with Crippen LogP contribution >= 0.6 is 11.3 Å². The number of aromatic nitrogens is 2. The molecule has 1 aliphatic rings. The predicted molar refractivity (Wildman–Crippen MR) is 115 cm³/mol. The summed E-state index contributed by atoms with van der Waals surface area (Å²) in [6.07, 6.45) is 2.40. The zero-order valence-electron chi connectivity index (χ0n) is 18.0. The van der Waals surface area contributed by atoms with Crippen LogP contribution in [0.3, 0.4) is 0 Å². The molecule has 2 aromatic heterocycles. The van der Waals surface area contributed by atoms with E-state index in [1.54, 1.807) is 11.3 Å². The third kappa shape index (κ3) is 4.23. The number of rotatable bonds is 5. The van der Waals surface area contributed by atoms with Crippen LogP contribution in [0, 0.1) is 30.6 Å². The van der Waals surface area contributed by atoms with Gasteiger partial charge in [-0.2, -0.15) is 0 Å². The summed E-state index contributed by atoms with van der Waals surface area (Å²) in [4.78, 5) is 26.2. The number of carboxylic acid groups (broad SMARTS) is 1. The van der Waals surface area contributed by atoms with E-state index >= 15 is 0 Å². The first-order chi connectivity index (χ1) is 13.0. The minimum atomic E-state index is -0.648. The molecular formula is C22H33N3O2S. The highest BCUT2D eigenvalue weighted by Gasteiger charge is 2.47. The van der Waals surface area contributed by atoms with E-state index < -0.39 is 11.4 Å². The van der Waals surface area contributed by atoms with Crippen molar-refractivity contribution in [3.05, 3.63) is 22.3 Å². The molecule has 3 rings (SSSR count). The molecule has 6 heteroatoms. The molecule has 154 valence electrons. The van der Waals surface area contributed by atoms with Crippen LogP contribution in [0.5, 0.6) is 0 Å². The highest BCUT2D eigenvalue weighted by molar-refractivity contribution is 7.18. The first-order valence-electron chi connectivity index (χ1n) is 10.2. The SMILES string of the molecule is CCC[C@@]1(C(=O)O)C[C@@H](C(C)(C)C)CN(Cc2cc3nc(C)c(C)nc3s2)C1. The standard InChI is InChI=1S/C22H33N3O2S/c1-7-8-22(20(26)27)10-16(21(4,5)6)11-25(13-22)12-17-9-18-19(28-17)24-15(3)14(2)23-18/h9,16H,7-8,10-13H2,1-6H3,(H,26,27)/t16-,22-/m1/s1. The van der Waals surface area contributed by atoms with E-state index in [0.717, 1.165) is 54.1 Å². The van der Waals surface area contributed by atoms with E-state index in [2.05, 4.69) is 48.6 Å². The van der Waals surface area contributed by atoms with Gasteiger partial charge < -0.3 is 5.11 Å². The van der Waals surface area contributed by atoms with Crippen LogP contribution in [-0.2, 0) is 11.3 Å². The number of hydrogen-bond acceptors (Lipinski definition) is 5. The Morgan fingerprint density at radius 3 is 2.61 bits per heavy atom. The van der Waals surface area contributed by atoms with Gasteiger partial charge in [0.2, 0.25) is 0 Å². The minimum absolute atomic E-state index is 0.0879. The third-order valence-electron chi connectivity index (χ3n) is 6.25. The Balaban J connectivity index is 1.90. The topological polar surface area (TPSA) is 66.3 Å². The zero-order valence-corrected chi connectivity index (χ0v) is 18.8. The van der Waals surface area contributed by atoms with Crippen LogP contribution in [0.1, 0.15) is 63.2 Å². The molecule has 0 bridgehead atoms. The predicted octanol–water partition coefficient (Wildman–Crippen LogP) is 5.05. The lowest BCUT2D eigenvalue weighted by atomic mass is 9.65. The molecule has 1 fully saturated rings. The molecule has 2 aromatic rings. The van der Waals surface area contributed by atoms with E-state index in [4.69, 9.17) is 0 Å². The smallest absolute Gasteiger partial charge is 0.310 e. The molecule has 0 spiro atoms. The van der Waals surface area contributed by atoms with Gasteiger partial charge in [0.15, 0.2) is 0 Å². The van der Waals surface area contributed by atoms with Crippen LogP contribution in [0.2, 0.25) is 0 Å². The van der Waals surface area contributed by atoms with Gasteiger partial charge in [-0.05, 0) is 44.1 Å². The lowest BCUT2D eigenvalue weighted by Crippen LogP contribution is -2.53. The monoisotopic (exact) mass is 403 g/mol. The van der Waals surface area contributed by atoms with Crippen molar-refractivity contribution in [2.24, 2.45) is 16.7 Å². The molecule has 2 atom stereocenters. The molecule has 1 saturated heterocycles. The number of nitrogens with zero attached hydrogens (tertiary/aromatic N) is 3. The zero-order chi connectivity index (χ0) is 20.7. The van der Waals surface area contributed by atoms with Crippen LogP contribution in [0.4, 0.5) is 0 Å². The first-order valence-corrected chi connectivity index (χ1v) is 11.0. The van der Waals surface area contributed by atoms with Crippen LogP contribution in [0.15, 0.2) is 6.07 Å². The summed E-state index contributed by atoms with van der Waals surface area (Å²) < 4.78 is 0. The fraction of sp³-hybridized carbons (Fsp3) is 0.682. The van der Waals surface area contributed by atoms with E-state index in [1.165, 1.54) is 4.88 Å². The van der Waals surface area contributed by atoms with Crippen LogP contribution in [0.25, 0.3) is 10.3 Å². The first kappa shape index (κ1) is 21.2. The van der Waals surface area contributed by atoms with Gasteiger partial charge in [-0.1, -0.05) is 34.1 Å². The highest BCUT2D eigenvalue weighted by atomic mass is 32.1. The fourth-order valence-corrected chi connectivity index (χ4v) is 5.46. The van der Waals surface area contributed by atoms with Gasteiger partial charge in [-0.3, -0.25) is 9.69 Å². The molecule has 3 heterocycles. The number of fused-ring (bicyclic) bond motifs is 1. The van der Waals surface area contributed by atoms with Gasteiger partial charge in [-0.25, -0.2) is 9.97 Å². The van der Waals surface area contributed by atoms with Gasteiger partial charge in [0.25, 0.3) is 0 Å². The maximum absolute atomic E-state index is 12.3. The maximum Gasteiger partial charge on any atom is 0.310 e. The number of piperidine rings is 1. The van der Waals surface area contributed by atoms with Crippen LogP contribution < -0.4 is 0 Å². The van der Waals surface area contributed by atoms with Crippen molar-refractivity contribution in [1.29, 1.82) is 0 Å². The minimum Gasteiger partial charge on any atom is -0.481 e. The molecule has 0 radical (unpaired) electrons. The average molecular weight is 404 g/mol. The fourth-order valence-electron chi connectivity index (χ4n) is 4.40. The molecule has 28 heavy (non-hydrogen) atoms. The Kier molecular flexibility index (Phi) is 5.84. The number of carboxylic acids is 1. The lowest BCUT2D eigenvalue weighted by molar-refractivity contribution is -0.156. The average Bonchev–Trinajstić information content (AvgIpc) is 2.95. The van der Waals surface area contributed by atoms with Crippen LogP contribution in [-0.4, -0.2) is 39.0 Å². The Morgan fingerprint density at radius 2 is 2.00 bits per heavy atom. The summed E-state index contributed by atoms with van der Waals surface area (Å²) >= 11 is 1.68. The number of thiophene rings is 1. The summed E-state index contributed by atoms with van der Waals surface area (Å²) in [6.45, 7) is 15.1. The molecule has 0 unspecified atom stereocenters. The third-order valence-corrected chi connectivity index (χ3v) is 7.26. The number of hydrogen-bond donors (Lipinski definition) is 1. The summed E-state index contributed by atoms with van der Waals surface area (Å²) in [7, 11) is 0. The summed E-state index contributed by atoms with van der Waals surface area (Å²) in [5, 5.41) is 10.1. The maximum atomic E-state index is 12.3. The molecule has 1 aliphatic heterocycles. The van der Waals surface area contributed by atoms with Crippen molar-refractivity contribution in [3.63, 3.8) is 0 Å². The number of carbonyl (C=O) groups is 1. The van der Waals surface area contributed by atoms with E-state index in [1.807, 2.05) is 13.8 Å². The molecule has 0 amide bonds. The Morgan fingerprint density at radius 1 is 1.32 bits per heavy atom. The van der Waals surface area contributed by atoms with Gasteiger partial charge in [-0.15, -0.1) is 11.3 Å². The number of aryl methyl sites for hydroxylation is 2. The largest absolute Gasteiger partial charge is 0.481 e. The van der Waals surface area contributed by atoms with Gasteiger partial charge in [0.1, 0.15) is 10.3 Å². The van der Waals surface area contributed by atoms with Gasteiger partial charge >= 0.3 is 5.97 Å². The van der Waals surface area contributed by atoms with E-state index in [0.29, 0.717) is 12.5 Å². The second kappa shape index (κ2) is 7.71. The molecular weight excluding hydrogens is 370 g/mol. The number of aliphatic carboxylic acids is 1. The van der Waals surface area contributed by atoms with Gasteiger partial charge in [0.05, 0.1) is 16.8 Å². The summed E-state index contributed by atoms with van der Waals surface area (Å²) in [5.74, 6) is -0.279. The Labute approximate surface area is 172 Å². The lowest BCUT2D eigenvalue weighted by Gasteiger charge is -2.48. The molecule has 5 nitrogen and oxygen atoms in total. The van der Waals surface area contributed by atoms with Crippen molar-refractivity contribution in [2.45, 2.75) is 67.3 Å². The van der Waals surface area contributed by atoms with Crippen molar-refractivity contribution >= 4 is 27.7 Å². The van der Waals surface area contributed by atoms with Crippen molar-refractivity contribution in [1.82, 2.24) is 14.9 Å². The normalized spacial score (nSPS) is 24.0. The van der Waals surface area contributed by atoms with Crippen molar-refractivity contribution in [3.8, 4) is 0 Å². The number of likely N-dealkylation sites (tertiary alicyclic amines) is 1. The quantitative estimate of drug-likeness (QED) is 0.757. The van der Waals surface area contributed by atoms with Crippen molar-refractivity contribution < 1.29 is 9.90 Å². The second-order valence-corrected chi connectivity index (χ2v) is 10.7. The van der Waals surface area contributed by atoms with E-state index in [9.17, 15) is 9.90 Å². The molecule has 0 aromatic carbocycles. The second-order valence-electron chi connectivity index (χ2n) is 9.57. The molecule has 0 aliphatic carbocycles. The van der Waals surface area contributed by atoms with Gasteiger partial charge in [0, 0.05) is 24.5 Å². The van der Waals surface area contributed by atoms with E-state index in [-0.39, 0.29) is 5.41 Å².